The number of likely N-dealkylation sites (tertiary alicyclic amines) is 1. The standard InChI is InChI=1S/C32H35N7O/c33-31(40)24-11-8-18-38(21-24)29(19-25-20-35-28-14-5-4-13-27(25)28)32-37-36-30(16-15-23-9-2-1-3-10-23)39(32)22-26-12-6-7-17-34-26/h1-7,9-10,12-14,17,20,24,29,35H,8,11,15-16,18-19,21-22H2,(H2,33,40)/t24-,29?/m1/s1. The summed E-state index contributed by atoms with van der Waals surface area (Å²) in [5.41, 5.74) is 10.4. The van der Waals surface area contributed by atoms with Crippen LogP contribution in [0.1, 0.15) is 47.4 Å². The van der Waals surface area contributed by atoms with E-state index in [1.807, 2.05) is 36.5 Å². The number of para-hydroxylation sites is 1. The summed E-state index contributed by atoms with van der Waals surface area (Å²) >= 11 is 0. The molecule has 8 heteroatoms. The molecule has 3 N–H and O–H groups in total. The van der Waals surface area contributed by atoms with Crippen LogP contribution in [0.2, 0.25) is 0 Å². The zero-order chi connectivity index (χ0) is 27.3. The second-order valence-corrected chi connectivity index (χ2v) is 10.7. The molecule has 0 spiro atoms. The molecule has 1 unspecified atom stereocenters. The zero-order valence-electron chi connectivity index (χ0n) is 22.6. The number of fused-ring (bicyclic) bond motifs is 1. The van der Waals surface area contributed by atoms with Crippen molar-refractivity contribution in [3.05, 3.63) is 114 Å². The van der Waals surface area contributed by atoms with Crippen LogP contribution in [0.3, 0.4) is 0 Å². The maximum Gasteiger partial charge on any atom is 0.221 e. The van der Waals surface area contributed by atoms with Crippen molar-refractivity contribution in [2.24, 2.45) is 11.7 Å². The van der Waals surface area contributed by atoms with Crippen LogP contribution >= 0.6 is 0 Å². The van der Waals surface area contributed by atoms with E-state index in [4.69, 9.17) is 15.9 Å². The fraction of sp³-hybridized carbons (Fsp3) is 0.312. The lowest BCUT2D eigenvalue weighted by Gasteiger charge is -2.37. The highest BCUT2D eigenvalue weighted by Gasteiger charge is 2.33. The molecule has 4 heterocycles. The monoisotopic (exact) mass is 533 g/mol. The van der Waals surface area contributed by atoms with Gasteiger partial charge in [0.05, 0.1) is 24.2 Å². The maximum atomic E-state index is 12.2. The number of carbonyl (C=O) groups excluding carboxylic acids is 1. The van der Waals surface area contributed by atoms with E-state index in [9.17, 15) is 4.79 Å². The van der Waals surface area contributed by atoms with Crippen LogP contribution in [-0.2, 0) is 30.6 Å². The first kappa shape index (κ1) is 26.0. The number of pyridine rings is 1. The molecule has 2 aromatic carbocycles. The molecule has 1 aliphatic rings. The van der Waals surface area contributed by atoms with E-state index >= 15 is 0 Å². The van der Waals surface area contributed by atoms with E-state index in [1.165, 1.54) is 16.5 Å². The van der Waals surface area contributed by atoms with Gasteiger partial charge in [0.25, 0.3) is 0 Å². The van der Waals surface area contributed by atoms with Gasteiger partial charge in [-0.2, -0.15) is 0 Å². The van der Waals surface area contributed by atoms with Crippen LogP contribution in [0.4, 0.5) is 0 Å². The summed E-state index contributed by atoms with van der Waals surface area (Å²) in [6.45, 7) is 2.09. The average molecular weight is 534 g/mol. The summed E-state index contributed by atoms with van der Waals surface area (Å²) in [6.07, 6.45) is 8.07. The highest BCUT2D eigenvalue weighted by molar-refractivity contribution is 5.83. The molecule has 1 saturated heterocycles. The Labute approximate surface area is 234 Å². The minimum absolute atomic E-state index is 0.0666. The van der Waals surface area contributed by atoms with Crippen molar-refractivity contribution in [1.29, 1.82) is 0 Å². The van der Waals surface area contributed by atoms with Crippen LogP contribution in [0.5, 0.6) is 0 Å². The van der Waals surface area contributed by atoms with Gasteiger partial charge in [0.1, 0.15) is 5.82 Å². The number of aromatic amines is 1. The second kappa shape index (κ2) is 11.8. The lowest BCUT2D eigenvalue weighted by Crippen LogP contribution is -2.44. The fourth-order valence-electron chi connectivity index (χ4n) is 5.92. The zero-order valence-corrected chi connectivity index (χ0v) is 22.6. The van der Waals surface area contributed by atoms with Gasteiger partial charge >= 0.3 is 0 Å². The minimum Gasteiger partial charge on any atom is -0.369 e. The molecule has 2 atom stereocenters. The van der Waals surface area contributed by atoms with Gasteiger partial charge < -0.3 is 15.3 Å². The van der Waals surface area contributed by atoms with Gasteiger partial charge in [0.2, 0.25) is 5.91 Å². The number of rotatable bonds is 10. The number of nitrogens with one attached hydrogen (secondary N) is 1. The molecule has 8 nitrogen and oxygen atoms in total. The molecule has 1 aliphatic heterocycles. The summed E-state index contributed by atoms with van der Waals surface area (Å²) in [5.74, 6) is 1.46. The summed E-state index contributed by atoms with van der Waals surface area (Å²) in [6, 6.07) is 24.8. The molecule has 5 aromatic rings. The molecule has 1 amide bonds. The van der Waals surface area contributed by atoms with E-state index in [0.717, 1.165) is 61.5 Å². The van der Waals surface area contributed by atoms with Gasteiger partial charge in [-0.1, -0.05) is 54.6 Å². The molecule has 0 radical (unpaired) electrons. The Morgan fingerprint density at radius 2 is 1.82 bits per heavy atom. The molecule has 0 aliphatic carbocycles. The first-order chi connectivity index (χ1) is 19.7. The largest absolute Gasteiger partial charge is 0.369 e. The van der Waals surface area contributed by atoms with Crippen molar-refractivity contribution in [3.63, 3.8) is 0 Å². The quantitative estimate of drug-likeness (QED) is 0.276. The molecular formula is C32H35N7O. The number of piperidine rings is 1. The normalized spacial score (nSPS) is 16.8. The average Bonchev–Trinajstić information content (AvgIpc) is 3.59. The topological polar surface area (TPSA) is 106 Å². The first-order valence-electron chi connectivity index (χ1n) is 14.1. The Balaban J connectivity index is 1.39. The summed E-state index contributed by atoms with van der Waals surface area (Å²) < 4.78 is 2.25. The Kier molecular flexibility index (Phi) is 7.68. The predicted molar refractivity (Wildman–Crippen MR) is 155 cm³/mol. The molecule has 0 saturated carbocycles. The number of H-pyrrole nitrogens is 1. The van der Waals surface area contributed by atoms with Gasteiger partial charge in [0, 0.05) is 36.3 Å². The van der Waals surface area contributed by atoms with E-state index in [-0.39, 0.29) is 17.9 Å². The lowest BCUT2D eigenvalue weighted by atomic mass is 9.94. The number of hydrogen-bond acceptors (Lipinski definition) is 5. The van der Waals surface area contributed by atoms with Crippen molar-refractivity contribution in [1.82, 2.24) is 29.6 Å². The number of primary amides is 1. The number of nitrogens with two attached hydrogens (primary N) is 1. The maximum absolute atomic E-state index is 12.2. The SMILES string of the molecule is NC(=O)[C@@H]1CCCN(C(Cc2c[nH]c3ccccc23)c2nnc(CCc3ccccc3)n2Cc2ccccn2)C1. The molecule has 6 rings (SSSR count). The van der Waals surface area contributed by atoms with Gasteiger partial charge in [-0.3, -0.25) is 14.7 Å². The molecule has 40 heavy (non-hydrogen) atoms. The molecule has 1 fully saturated rings. The number of benzene rings is 2. The Hall–Kier alpha value is -4.30. The van der Waals surface area contributed by atoms with E-state index in [2.05, 4.69) is 68.1 Å². The van der Waals surface area contributed by atoms with E-state index < -0.39 is 0 Å². The highest BCUT2D eigenvalue weighted by atomic mass is 16.1. The second-order valence-electron chi connectivity index (χ2n) is 10.7. The highest BCUT2D eigenvalue weighted by Crippen LogP contribution is 2.32. The number of amides is 1. The number of nitrogens with zero attached hydrogens (tertiary/aromatic N) is 5. The summed E-state index contributed by atoms with van der Waals surface area (Å²) in [5, 5.41) is 10.8. The molecule has 0 bridgehead atoms. The van der Waals surface area contributed by atoms with Crippen molar-refractivity contribution < 1.29 is 4.79 Å². The third-order valence-electron chi connectivity index (χ3n) is 8.06. The lowest BCUT2D eigenvalue weighted by molar-refractivity contribution is -0.123. The van der Waals surface area contributed by atoms with Crippen LogP contribution in [0, 0.1) is 5.92 Å². The molecule has 204 valence electrons. The Morgan fingerprint density at radius 1 is 1.00 bits per heavy atom. The minimum atomic E-state index is -0.228. The van der Waals surface area contributed by atoms with Crippen molar-refractivity contribution in [3.8, 4) is 0 Å². The summed E-state index contributed by atoms with van der Waals surface area (Å²) in [4.78, 5) is 22.7. The first-order valence-corrected chi connectivity index (χ1v) is 14.1. The number of aromatic nitrogens is 5. The third kappa shape index (κ3) is 5.67. The van der Waals surface area contributed by atoms with Crippen LogP contribution in [0.15, 0.2) is 85.2 Å². The molecular weight excluding hydrogens is 498 g/mol. The smallest absolute Gasteiger partial charge is 0.221 e. The van der Waals surface area contributed by atoms with Crippen LogP contribution < -0.4 is 5.73 Å². The van der Waals surface area contributed by atoms with Gasteiger partial charge in [-0.25, -0.2) is 0 Å². The number of carbonyl (C=O) groups is 1. The Bertz CT molecular complexity index is 1560. The summed E-state index contributed by atoms with van der Waals surface area (Å²) in [7, 11) is 0. The fourth-order valence-corrected chi connectivity index (χ4v) is 5.92. The van der Waals surface area contributed by atoms with E-state index in [0.29, 0.717) is 13.1 Å². The van der Waals surface area contributed by atoms with Crippen LogP contribution in [0.25, 0.3) is 10.9 Å². The number of aryl methyl sites for hydroxylation is 2. The molecule has 3 aromatic heterocycles. The van der Waals surface area contributed by atoms with Crippen molar-refractivity contribution >= 4 is 16.8 Å². The van der Waals surface area contributed by atoms with Crippen LogP contribution in [-0.4, -0.2) is 48.6 Å². The van der Waals surface area contributed by atoms with Gasteiger partial charge in [-0.15, -0.1) is 10.2 Å². The predicted octanol–water partition coefficient (Wildman–Crippen LogP) is 4.47. The van der Waals surface area contributed by atoms with Gasteiger partial charge in [0.15, 0.2) is 5.82 Å². The third-order valence-corrected chi connectivity index (χ3v) is 8.06. The Morgan fingerprint density at radius 3 is 2.65 bits per heavy atom. The van der Waals surface area contributed by atoms with E-state index in [1.54, 1.807) is 0 Å². The number of hydrogen-bond donors (Lipinski definition) is 2. The van der Waals surface area contributed by atoms with Gasteiger partial charge in [-0.05, 0) is 61.6 Å². The van der Waals surface area contributed by atoms with Crippen molar-refractivity contribution in [2.75, 3.05) is 13.1 Å². The van der Waals surface area contributed by atoms with Crippen molar-refractivity contribution in [2.45, 2.75) is 44.7 Å².